The van der Waals surface area contributed by atoms with Crippen LogP contribution in [0.3, 0.4) is 0 Å². The van der Waals surface area contributed by atoms with E-state index in [0.717, 1.165) is 44.8 Å². The Morgan fingerprint density at radius 1 is 0.548 bits per heavy atom. The summed E-state index contributed by atoms with van der Waals surface area (Å²) in [6.45, 7) is 0. The Morgan fingerprint density at radius 2 is 1.17 bits per heavy atom. The molecule has 0 aliphatic heterocycles. The number of hydrogen-bond donors (Lipinski definition) is 0. The van der Waals surface area contributed by atoms with Gasteiger partial charge in [-0.1, -0.05) is 23.9 Å². The topological polar surface area (TPSA) is 25.8 Å². The van der Waals surface area contributed by atoms with E-state index in [1.54, 1.807) is 18.5 Å². The number of pyridine rings is 2. The molecule has 0 unspecified atom stereocenters. The molecule has 5 radical (unpaired) electrons. The van der Waals surface area contributed by atoms with Gasteiger partial charge in [0.1, 0.15) is 0 Å². The maximum atomic E-state index is 12.6. The Hall–Kier alpha value is -1.97. The second kappa shape index (κ2) is 20.9. The third-order valence-electron chi connectivity index (χ3n) is 5.41. The normalized spacial score (nSPS) is 9.07. The van der Waals surface area contributed by atoms with Gasteiger partial charge in [0.05, 0.1) is 0 Å². The van der Waals surface area contributed by atoms with Crippen LogP contribution in [0.1, 0.15) is 0 Å². The first-order valence-corrected chi connectivity index (χ1v) is 11.6. The van der Waals surface area contributed by atoms with Crippen molar-refractivity contribution in [2.75, 3.05) is 0 Å². The zero-order valence-electron chi connectivity index (χ0n) is 22.8. The van der Waals surface area contributed by atoms with Crippen LogP contribution in [-0.4, -0.2) is 18.4 Å². The van der Waals surface area contributed by atoms with Crippen molar-refractivity contribution in [3.8, 4) is 44.8 Å². The van der Waals surface area contributed by atoms with Crippen molar-refractivity contribution in [1.29, 1.82) is 0 Å². The SMILES string of the molecule is Fc1c[c-]c(-c2ccccn2)cc1.[B].[CH3-].[Ir].[Y+3].[Y].[c-]1ccc(-c2[c-]cc(-c3[c-]cccc3)[c-]c2)[c-]c1-c1ccccn1. The Balaban J connectivity index is 0.000000813. The van der Waals surface area contributed by atoms with Crippen molar-refractivity contribution in [2.45, 2.75) is 0 Å². The molecular formula is C35H22BFIrN2Y2-4. The Bertz CT molecular complexity index is 1560. The molecule has 0 amide bonds. The molecule has 2 aromatic heterocycles. The fraction of sp³-hybridized carbons (Fsp3) is 0. The molecule has 0 saturated carbocycles. The van der Waals surface area contributed by atoms with E-state index in [2.05, 4.69) is 46.4 Å². The van der Waals surface area contributed by atoms with Crippen molar-refractivity contribution in [2.24, 2.45) is 0 Å². The van der Waals surface area contributed by atoms with Crippen molar-refractivity contribution in [3.63, 3.8) is 0 Å². The smallest absolute Gasteiger partial charge is 0.358 e. The van der Waals surface area contributed by atoms with Crippen molar-refractivity contribution in [1.82, 2.24) is 9.97 Å². The second-order valence-corrected chi connectivity index (χ2v) is 7.92. The average molecular weight is 870 g/mol. The van der Waals surface area contributed by atoms with Gasteiger partial charge in [-0.2, -0.15) is 24.3 Å². The first-order chi connectivity index (χ1) is 18.3. The molecule has 7 heteroatoms. The maximum absolute atomic E-state index is 12.6. The van der Waals surface area contributed by atoms with E-state index in [4.69, 9.17) is 0 Å². The predicted octanol–water partition coefficient (Wildman–Crippen LogP) is 7.83. The molecule has 0 N–H and O–H groups in total. The molecule has 4 aromatic carbocycles. The summed E-state index contributed by atoms with van der Waals surface area (Å²) >= 11 is 0. The molecule has 0 saturated heterocycles. The minimum atomic E-state index is -0.278. The molecular weight excluding hydrogens is 848 g/mol. The number of halogens is 1. The monoisotopic (exact) mass is 871 g/mol. The number of nitrogens with zero attached hydrogens (tertiary/aromatic N) is 2. The molecule has 0 aliphatic carbocycles. The Morgan fingerprint density at radius 3 is 1.71 bits per heavy atom. The molecule has 0 fully saturated rings. The van der Waals surface area contributed by atoms with E-state index in [9.17, 15) is 4.39 Å². The molecule has 6 aromatic rings. The van der Waals surface area contributed by atoms with Gasteiger partial charge in [-0.25, -0.2) is 41.5 Å². The Kier molecular flexibility index (Phi) is 19.9. The summed E-state index contributed by atoms with van der Waals surface area (Å²) < 4.78 is 12.6. The van der Waals surface area contributed by atoms with Crippen LogP contribution in [0.4, 0.5) is 4.39 Å². The van der Waals surface area contributed by atoms with Gasteiger partial charge in [0.25, 0.3) is 0 Å². The number of benzene rings is 4. The third kappa shape index (κ3) is 11.3. The second-order valence-electron chi connectivity index (χ2n) is 7.92. The number of hydrogen-bond acceptors (Lipinski definition) is 2. The van der Waals surface area contributed by atoms with E-state index in [1.165, 1.54) is 12.1 Å². The van der Waals surface area contributed by atoms with Crippen LogP contribution >= 0.6 is 0 Å². The molecule has 42 heavy (non-hydrogen) atoms. The Labute approximate surface area is 314 Å². The van der Waals surface area contributed by atoms with Gasteiger partial charge < -0.3 is 29.0 Å². The van der Waals surface area contributed by atoms with Crippen LogP contribution in [-0.2, 0) is 85.5 Å². The van der Waals surface area contributed by atoms with E-state index in [0.29, 0.717) is 0 Å². The molecule has 2 heterocycles. The summed E-state index contributed by atoms with van der Waals surface area (Å²) in [6.07, 6.45) is 3.47. The fourth-order valence-corrected chi connectivity index (χ4v) is 3.57. The summed E-state index contributed by atoms with van der Waals surface area (Å²) in [5.74, 6) is -0.278. The van der Waals surface area contributed by atoms with E-state index in [-0.39, 0.29) is 107 Å². The summed E-state index contributed by atoms with van der Waals surface area (Å²) in [5.41, 5.74) is 7.21. The summed E-state index contributed by atoms with van der Waals surface area (Å²) in [4.78, 5) is 8.48. The molecule has 6 rings (SSSR count). The van der Waals surface area contributed by atoms with Gasteiger partial charge in [-0.15, -0.1) is 42.0 Å². The van der Waals surface area contributed by atoms with Crippen LogP contribution in [0.25, 0.3) is 44.8 Å². The summed E-state index contributed by atoms with van der Waals surface area (Å²) in [6, 6.07) is 50.6. The van der Waals surface area contributed by atoms with Crippen LogP contribution in [0.15, 0.2) is 116 Å². The standard InChI is InChI=1S/C23H12N.C11H7FN.CH3.B.Ir.2Y/c1-2-7-18(8-3-1)19-12-14-20(15-13-19)21-9-6-10-22(17-21)23-11-4-5-16-24-23;12-10-6-4-9(5-7-10)11-3-1-2-8-13-11;;;;;/h1-7,9,11-12,15-16H;1-4,6-8H;1H3;;;;/q-5;2*-1;;;;+3. The summed E-state index contributed by atoms with van der Waals surface area (Å²) in [5, 5.41) is 0. The first kappa shape index (κ1) is 40.0. The van der Waals surface area contributed by atoms with E-state index >= 15 is 0 Å². The molecule has 0 spiro atoms. The van der Waals surface area contributed by atoms with E-state index < -0.39 is 0 Å². The molecule has 201 valence electrons. The zero-order valence-corrected chi connectivity index (χ0v) is 30.9. The average Bonchev–Trinajstić information content (AvgIpc) is 2.99. The third-order valence-corrected chi connectivity index (χ3v) is 5.41. The minimum Gasteiger partial charge on any atom is -0.358 e. The predicted molar refractivity (Wildman–Crippen MR) is 155 cm³/mol. The zero-order chi connectivity index (χ0) is 25.3. The van der Waals surface area contributed by atoms with Crippen molar-refractivity contribution >= 4 is 8.41 Å². The minimum absolute atomic E-state index is 0. The van der Waals surface area contributed by atoms with Crippen LogP contribution in [0.5, 0.6) is 0 Å². The molecule has 0 bridgehead atoms. The van der Waals surface area contributed by atoms with Gasteiger partial charge in [-0.3, -0.25) is 27.7 Å². The fourth-order valence-electron chi connectivity index (χ4n) is 3.57. The van der Waals surface area contributed by atoms with Crippen LogP contribution in [0, 0.1) is 49.6 Å². The number of aromatic nitrogens is 2. The molecule has 0 aliphatic rings. The van der Waals surface area contributed by atoms with Crippen molar-refractivity contribution in [3.05, 3.63) is 165 Å². The van der Waals surface area contributed by atoms with Gasteiger partial charge in [0, 0.05) is 79.4 Å². The first-order valence-electron chi connectivity index (χ1n) is 11.6. The van der Waals surface area contributed by atoms with Crippen molar-refractivity contribution < 1.29 is 89.9 Å². The maximum Gasteiger partial charge on any atom is 3.00 e. The molecule has 0 atom stereocenters. The van der Waals surface area contributed by atoms with Gasteiger partial charge >= 0.3 is 32.7 Å². The van der Waals surface area contributed by atoms with Gasteiger partial charge in [-0.05, 0) is 17.8 Å². The van der Waals surface area contributed by atoms with Crippen LogP contribution < -0.4 is 0 Å². The van der Waals surface area contributed by atoms with Gasteiger partial charge in [0.2, 0.25) is 0 Å². The van der Waals surface area contributed by atoms with Crippen LogP contribution in [0.2, 0.25) is 0 Å². The largest absolute Gasteiger partial charge is 3.00 e. The van der Waals surface area contributed by atoms with E-state index in [1.807, 2.05) is 84.9 Å². The van der Waals surface area contributed by atoms with Gasteiger partial charge in [0.15, 0.2) is 0 Å². The number of rotatable bonds is 4. The molecule has 2 nitrogen and oxygen atoms in total. The summed E-state index contributed by atoms with van der Waals surface area (Å²) in [7, 11) is 0. The quantitative estimate of drug-likeness (QED) is 0.134.